The number of nitrogens with two attached hydrogens (primary N) is 1. The molecular weight excluding hydrogens is 262 g/mol. The van der Waals surface area contributed by atoms with Crippen molar-refractivity contribution in [3.8, 4) is 17.6 Å². The van der Waals surface area contributed by atoms with Gasteiger partial charge >= 0.3 is 0 Å². The number of hydrogen-bond donors (Lipinski definition) is 1. The van der Waals surface area contributed by atoms with E-state index >= 15 is 0 Å². The van der Waals surface area contributed by atoms with Crippen LogP contribution in [-0.4, -0.2) is 19.8 Å². The molecule has 0 heterocycles. The molecule has 0 amide bonds. The Morgan fingerprint density at radius 1 is 1.29 bits per heavy atom. The fourth-order valence-electron chi connectivity index (χ4n) is 2.85. The first-order chi connectivity index (χ1) is 10.2. The Labute approximate surface area is 127 Å². The van der Waals surface area contributed by atoms with Crippen LogP contribution in [0, 0.1) is 17.8 Å². The van der Waals surface area contributed by atoms with Gasteiger partial charge in [-0.05, 0) is 37.0 Å². The maximum Gasteiger partial charge on any atom is 0.124 e. The molecule has 3 nitrogen and oxygen atoms in total. The van der Waals surface area contributed by atoms with E-state index in [-0.39, 0.29) is 0 Å². The summed E-state index contributed by atoms with van der Waals surface area (Å²) in [7, 11) is 1.69. The second-order valence-electron chi connectivity index (χ2n) is 5.64. The van der Waals surface area contributed by atoms with Gasteiger partial charge < -0.3 is 15.2 Å². The highest BCUT2D eigenvalue weighted by atomic mass is 16.5. The van der Waals surface area contributed by atoms with Crippen molar-refractivity contribution in [2.75, 3.05) is 13.7 Å². The van der Waals surface area contributed by atoms with E-state index in [0.717, 1.165) is 23.3 Å². The third kappa shape index (κ3) is 4.49. The minimum atomic E-state index is 0.363. The monoisotopic (exact) mass is 287 g/mol. The topological polar surface area (TPSA) is 44.5 Å². The van der Waals surface area contributed by atoms with E-state index in [1.807, 2.05) is 18.2 Å². The first kappa shape index (κ1) is 15.9. The lowest BCUT2D eigenvalue weighted by molar-refractivity contribution is -0.0160. The van der Waals surface area contributed by atoms with Crippen LogP contribution in [0.3, 0.4) is 0 Å². The van der Waals surface area contributed by atoms with Crippen molar-refractivity contribution in [2.45, 2.75) is 45.3 Å². The highest BCUT2D eigenvalue weighted by Gasteiger charge is 2.22. The maximum atomic E-state index is 6.13. The summed E-state index contributed by atoms with van der Waals surface area (Å²) < 4.78 is 11.5. The molecular formula is C18H25NO2. The van der Waals surface area contributed by atoms with Crippen LogP contribution in [0.25, 0.3) is 0 Å². The summed E-state index contributed by atoms with van der Waals surface area (Å²) in [4.78, 5) is 0. The van der Waals surface area contributed by atoms with Crippen LogP contribution >= 0.6 is 0 Å². The van der Waals surface area contributed by atoms with Crippen molar-refractivity contribution in [3.05, 3.63) is 29.3 Å². The van der Waals surface area contributed by atoms with Gasteiger partial charge in [-0.1, -0.05) is 31.6 Å². The first-order valence-electron chi connectivity index (χ1n) is 7.72. The zero-order valence-electron chi connectivity index (χ0n) is 13.0. The van der Waals surface area contributed by atoms with Crippen molar-refractivity contribution in [1.29, 1.82) is 0 Å². The molecule has 1 aliphatic rings. The van der Waals surface area contributed by atoms with Crippen LogP contribution in [0.4, 0.5) is 0 Å². The Balaban J connectivity index is 2.06. The minimum Gasteiger partial charge on any atom is -0.496 e. The molecule has 1 aliphatic carbocycles. The smallest absolute Gasteiger partial charge is 0.124 e. The molecule has 114 valence electrons. The summed E-state index contributed by atoms with van der Waals surface area (Å²) in [6.07, 6.45) is 5.39. The van der Waals surface area contributed by atoms with E-state index in [0.29, 0.717) is 25.2 Å². The number of ether oxygens (including phenoxy) is 2. The SMILES string of the molecule is COc1ccc(C#CCN)cc1COC1CCCCC1C. The van der Waals surface area contributed by atoms with Gasteiger partial charge in [0.1, 0.15) is 5.75 Å². The van der Waals surface area contributed by atoms with E-state index in [9.17, 15) is 0 Å². The van der Waals surface area contributed by atoms with Gasteiger partial charge in [0, 0.05) is 11.1 Å². The van der Waals surface area contributed by atoms with Crippen molar-refractivity contribution in [2.24, 2.45) is 11.7 Å². The van der Waals surface area contributed by atoms with Gasteiger partial charge in [0.2, 0.25) is 0 Å². The van der Waals surface area contributed by atoms with Gasteiger partial charge in [-0.2, -0.15) is 0 Å². The van der Waals surface area contributed by atoms with E-state index in [2.05, 4.69) is 18.8 Å². The zero-order valence-corrected chi connectivity index (χ0v) is 13.0. The molecule has 0 bridgehead atoms. The van der Waals surface area contributed by atoms with Crippen LogP contribution in [0.15, 0.2) is 18.2 Å². The number of rotatable bonds is 4. The summed E-state index contributed by atoms with van der Waals surface area (Å²) in [5.41, 5.74) is 7.43. The van der Waals surface area contributed by atoms with E-state index in [1.165, 1.54) is 19.3 Å². The standard InChI is InChI=1S/C18H25NO2/c1-14-6-3-4-8-17(14)21-13-16-12-15(7-5-11-19)9-10-18(16)20-2/h9-10,12,14,17H,3-4,6,8,11,13,19H2,1-2H3. The molecule has 2 rings (SSSR count). The van der Waals surface area contributed by atoms with Gasteiger partial charge in [0.05, 0.1) is 26.4 Å². The highest BCUT2D eigenvalue weighted by Crippen LogP contribution is 2.28. The molecule has 1 fully saturated rings. The van der Waals surface area contributed by atoms with E-state index in [4.69, 9.17) is 15.2 Å². The Morgan fingerprint density at radius 2 is 2.10 bits per heavy atom. The van der Waals surface area contributed by atoms with Gasteiger partial charge in [-0.15, -0.1) is 0 Å². The lowest BCUT2D eigenvalue weighted by Crippen LogP contribution is -2.25. The third-order valence-electron chi connectivity index (χ3n) is 4.10. The Hall–Kier alpha value is -1.50. The second kappa shape index (κ2) is 8.07. The van der Waals surface area contributed by atoms with Gasteiger partial charge in [0.15, 0.2) is 0 Å². The molecule has 1 aromatic carbocycles. The third-order valence-corrected chi connectivity index (χ3v) is 4.10. The Kier molecular flexibility index (Phi) is 6.10. The normalized spacial score (nSPS) is 21.5. The zero-order chi connectivity index (χ0) is 15.1. The molecule has 2 unspecified atom stereocenters. The predicted octanol–water partition coefficient (Wildman–Crippen LogP) is 3.10. The van der Waals surface area contributed by atoms with Crippen molar-refractivity contribution < 1.29 is 9.47 Å². The van der Waals surface area contributed by atoms with Crippen molar-refractivity contribution in [1.82, 2.24) is 0 Å². The second-order valence-corrected chi connectivity index (χ2v) is 5.64. The average Bonchev–Trinajstić information content (AvgIpc) is 2.52. The number of methoxy groups -OCH3 is 1. The Bertz CT molecular complexity index is 516. The van der Waals surface area contributed by atoms with Crippen molar-refractivity contribution >= 4 is 0 Å². The molecule has 0 radical (unpaired) electrons. The molecule has 0 aliphatic heterocycles. The van der Waals surface area contributed by atoms with Crippen LogP contribution in [-0.2, 0) is 11.3 Å². The number of benzene rings is 1. The maximum absolute atomic E-state index is 6.13. The summed E-state index contributed by atoms with van der Waals surface area (Å²) >= 11 is 0. The Morgan fingerprint density at radius 3 is 2.81 bits per heavy atom. The van der Waals surface area contributed by atoms with E-state index in [1.54, 1.807) is 7.11 Å². The van der Waals surface area contributed by atoms with Crippen LogP contribution in [0.1, 0.15) is 43.7 Å². The quantitative estimate of drug-likeness (QED) is 0.865. The highest BCUT2D eigenvalue weighted by molar-refractivity contribution is 5.44. The molecule has 2 atom stereocenters. The van der Waals surface area contributed by atoms with Crippen LogP contribution in [0.2, 0.25) is 0 Å². The molecule has 0 aromatic heterocycles. The lowest BCUT2D eigenvalue weighted by atomic mass is 9.88. The summed E-state index contributed by atoms with van der Waals surface area (Å²) in [6, 6.07) is 5.94. The molecule has 3 heteroatoms. The summed E-state index contributed by atoms with van der Waals surface area (Å²) in [5, 5.41) is 0. The fourth-order valence-corrected chi connectivity index (χ4v) is 2.85. The lowest BCUT2D eigenvalue weighted by Gasteiger charge is -2.29. The summed E-state index contributed by atoms with van der Waals surface area (Å²) in [6.45, 7) is 3.23. The first-order valence-corrected chi connectivity index (χ1v) is 7.72. The summed E-state index contributed by atoms with van der Waals surface area (Å²) in [5.74, 6) is 7.44. The largest absolute Gasteiger partial charge is 0.496 e. The molecule has 0 saturated heterocycles. The van der Waals surface area contributed by atoms with Gasteiger partial charge in [-0.3, -0.25) is 0 Å². The fraction of sp³-hybridized carbons (Fsp3) is 0.556. The van der Waals surface area contributed by atoms with Gasteiger partial charge in [-0.25, -0.2) is 0 Å². The molecule has 1 aromatic rings. The molecule has 2 N–H and O–H groups in total. The molecule has 21 heavy (non-hydrogen) atoms. The molecule has 1 saturated carbocycles. The minimum absolute atomic E-state index is 0.363. The predicted molar refractivity (Wildman–Crippen MR) is 85.1 cm³/mol. The van der Waals surface area contributed by atoms with Crippen LogP contribution in [0.5, 0.6) is 5.75 Å². The number of hydrogen-bond acceptors (Lipinski definition) is 3. The van der Waals surface area contributed by atoms with Gasteiger partial charge in [0.25, 0.3) is 0 Å². The van der Waals surface area contributed by atoms with Crippen LogP contribution < -0.4 is 10.5 Å². The van der Waals surface area contributed by atoms with E-state index < -0.39 is 0 Å². The van der Waals surface area contributed by atoms with Crippen molar-refractivity contribution in [3.63, 3.8) is 0 Å². The average molecular weight is 287 g/mol. The molecule has 0 spiro atoms.